The summed E-state index contributed by atoms with van der Waals surface area (Å²) in [5, 5.41) is 5.82. The maximum absolute atomic E-state index is 12.2. The molecule has 0 saturated carbocycles. The van der Waals surface area contributed by atoms with Crippen molar-refractivity contribution in [1.29, 1.82) is 0 Å². The smallest absolute Gasteiger partial charge is 0.267 e. The molecule has 2 rings (SSSR count). The summed E-state index contributed by atoms with van der Waals surface area (Å²) < 4.78 is 1.53. The predicted molar refractivity (Wildman–Crippen MR) is 73.6 cm³/mol. The van der Waals surface area contributed by atoms with Crippen molar-refractivity contribution >= 4 is 23.4 Å². The molecule has 0 bridgehead atoms. The van der Waals surface area contributed by atoms with E-state index in [0.29, 0.717) is 12.3 Å². The molecular weight excluding hydrogens is 232 g/mol. The van der Waals surface area contributed by atoms with Crippen LogP contribution in [0.4, 0.5) is 0 Å². The van der Waals surface area contributed by atoms with Gasteiger partial charge in [-0.2, -0.15) is 17.7 Å². The SMILES string of the molecule is CC(C)(CS)Cn1ncc2ccccc2c1=O. The van der Waals surface area contributed by atoms with Gasteiger partial charge >= 0.3 is 0 Å². The minimum Gasteiger partial charge on any atom is -0.267 e. The lowest BCUT2D eigenvalue weighted by Gasteiger charge is -2.22. The highest BCUT2D eigenvalue weighted by Gasteiger charge is 2.18. The largest absolute Gasteiger partial charge is 0.274 e. The highest BCUT2D eigenvalue weighted by atomic mass is 32.1. The predicted octanol–water partition coefficient (Wildman–Crippen LogP) is 2.35. The van der Waals surface area contributed by atoms with Crippen LogP contribution in [0.2, 0.25) is 0 Å². The van der Waals surface area contributed by atoms with Gasteiger partial charge in [-0.25, -0.2) is 4.68 Å². The standard InChI is InChI=1S/C13H16N2OS/c1-13(2,9-17)8-15-12(16)11-6-4-3-5-10(11)7-14-15/h3-7,17H,8-9H2,1-2H3. The molecule has 1 heterocycles. The Bertz CT molecular complexity index is 589. The fourth-order valence-electron chi connectivity index (χ4n) is 1.70. The van der Waals surface area contributed by atoms with Crippen LogP contribution in [0, 0.1) is 5.41 Å². The molecule has 90 valence electrons. The number of fused-ring (bicyclic) bond motifs is 1. The lowest BCUT2D eigenvalue weighted by atomic mass is 9.96. The molecule has 1 aromatic carbocycles. The molecular formula is C13H16N2OS. The van der Waals surface area contributed by atoms with Gasteiger partial charge in [-0.05, 0) is 17.2 Å². The fraction of sp³-hybridized carbons (Fsp3) is 0.385. The Morgan fingerprint density at radius 3 is 2.76 bits per heavy atom. The van der Waals surface area contributed by atoms with Crippen LogP contribution in [-0.4, -0.2) is 15.5 Å². The minimum absolute atomic E-state index is 0.0297. The molecule has 0 atom stereocenters. The van der Waals surface area contributed by atoms with E-state index in [0.717, 1.165) is 10.8 Å². The van der Waals surface area contributed by atoms with Crippen molar-refractivity contribution in [2.24, 2.45) is 5.41 Å². The van der Waals surface area contributed by atoms with E-state index in [1.165, 1.54) is 4.68 Å². The first-order valence-electron chi connectivity index (χ1n) is 5.59. The monoisotopic (exact) mass is 248 g/mol. The van der Waals surface area contributed by atoms with Gasteiger partial charge in [0, 0.05) is 5.39 Å². The number of thiol groups is 1. The van der Waals surface area contributed by atoms with Crippen LogP contribution in [0.15, 0.2) is 35.3 Å². The maximum Gasteiger partial charge on any atom is 0.274 e. The Labute approximate surface area is 106 Å². The Kier molecular flexibility index (Phi) is 3.24. The zero-order valence-corrected chi connectivity index (χ0v) is 10.9. The molecule has 0 aliphatic heterocycles. The third-order valence-corrected chi connectivity index (χ3v) is 3.62. The van der Waals surface area contributed by atoms with Crippen LogP contribution in [-0.2, 0) is 6.54 Å². The summed E-state index contributed by atoms with van der Waals surface area (Å²) >= 11 is 4.30. The molecule has 3 nitrogen and oxygen atoms in total. The van der Waals surface area contributed by atoms with Crippen molar-refractivity contribution in [2.45, 2.75) is 20.4 Å². The highest BCUT2D eigenvalue weighted by Crippen LogP contribution is 2.18. The summed E-state index contributed by atoms with van der Waals surface area (Å²) in [5.74, 6) is 0.716. The number of hydrogen-bond acceptors (Lipinski definition) is 3. The number of aromatic nitrogens is 2. The quantitative estimate of drug-likeness (QED) is 0.846. The second-order valence-electron chi connectivity index (χ2n) is 5.02. The zero-order valence-electron chi connectivity index (χ0n) is 10.1. The molecule has 4 heteroatoms. The van der Waals surface area contributed by atoms with Crippen molar-refractivity contribution < 1.29 is 0 Å². The van der Waals surface area contributed by atoms with E-state index in [4.69, 9.17) is 0 Å². The van der Waals surface area contributed by atoms with Gasteiger partial charge in [0.1, 0.15) is 0 Å². The van der Waals surface area contributed by atoms with Crippen LogP contribution in [0.5, 0.6) is 0 Å². The van der Waals surface area contributed by atoms with Gasteiger partial charge < -0.3 is 0 Å². The second-order valence-corrected chi connectivity index (χ2v) is 5.33. The van der Waals surface area contributed by atoms with Gasteiger partial charge in [0.2, 0.25) is 0 Å². The highest BCUT2D eigenvalue weighted by molar-refractivity contribution is 7.80. The Balaban J connectivity index is 2.50. The summed E-state index contributed by atoms with van der Waals surface area (Å²) in [6.07, 6.45) is 1.74. The topological polar surface area (TPSA) is 34.9 Å². The van der Waals surface area contributed by atoms with Crippen molar-refractivity contribution in [3.8, 4) is 0 Å². The number of benzene rings is 1. The van der Waals surface area contributed by atoms with E-state index in [1.54, 1.807) is 6.20 Å². The second kappa shape index (κ2) is 4.53. The van der Waals surface area contributed by atoms with Crippen molar-refractivity contribution in [1.82, 2.24) is 9.78 Å². The van der Waals surface area contributed by atoms with E-state index >= 15 is 0 Å². The maximum atomic E-state index is 12.2. The van der Waals surface area contributed by atoms with Crippen LogP contribution in [0.3, 0.4) is 0 Å². The van der Waals surface area contributed by atoms with E-state index in [9.17, 15) is 4.79 Å². The molecule has 0 saturated heterocycles. The van der Waals surface area contributed by atoms with Gasteiger partial charge in [0.05, 0.1) is 18.1 Å². The molecule has 2 aromatic rings. The van der Waals surface area contributed by atoms with Gasteiger partial charge in [-0.1, -0.05) is 32.0 Å². The molecule has 0 radical (unpaired) electrons. The Morgan fingerprint density at radius 2 is 2.06 bits per heavy atom. The average molecular weight is 248 g/mol. The van der Waals surface area contributed by atoms with Crippen LogP contribution in [0.25, 0.3) is 10.8 Å². The van der Waals surface area contributed by atoms with E-state index < -0.39 is 0 Å². The molecule has 1 aromatic heterocycles. The molecule has 0 spiro atoms. The number of hydrogen-bond donors (Lipinski definition) is 1. The number of nitrogens with zero attached hydrogens (tertiary/aromatic N) is 2. The van der Waals surface area contributed by atoms with Gasteiger partial charge in [0.15, 0.2) is 0 Å². The molecule has 0 aliphatic rings. The minimum atomic E-state index is -0.0393. The van der Waals surface area contributed by atoms with E-state index in [1.807, 2.05) is 24.3 Å². The normalized spacial score (nSPS) is 11.9. The molecule has 0 N–H and O–H groups in total. The van der Waals surface area contributed by atoms with Gasteiger partial charge in [0.25, 0.3) is 5.56 Å². The summed E-state index contributed by atoms with van der Waals surface area (Å²) in [4.78, 5) is 12.2. The van der Waals surface area contributed by atoms with E-state index in [2.05, 4.69) is 31.6 Å². The number of rotatable bonds is 3. The summed E-state index contributed by atoms with van der Waals surface area (Å²) in [7, 11) is 0. The molecule has 0 fully saturated rings. The summed E-state index contributed by atoms with van der Waals surface area (Å²) in [5.41, 5.74) is -0.0690. The molecule has 0 aliphatic carbocycles. The zero-order chi connectivity index (χ0) is 12.5. The van der Waals surface area contributed by atoms with Crippen molar-refractivity contribution in [3.05, 3.63) is 40.8 Å². The Hall–Kier alpha value is -1.29. The first-order chi connectivity index (χ1) is 8.03. The lowest BCUT2D eigenvalue weighted by molar-refractivity contribution is 0.326. The average Bonchev–Trinajstić information content (AvgIpc) is 2.33. The summed E-state index contributed by atoms with van der Waals surface area (Å²) in [6, 6.07) is 7.52. The van der Waals surface area contributed by atoms with Crippen LogP contribution < -0.4 is 5.56 Å². The first-order valence-corrected chi connectivity index (χ1v) is 6.22. The fourth-order valence-corrected chi connectivity index (χ4v) is 1.80. The summed E-state index contributed by atoms with van der Waals surface area (Å²) in [6.45, 7) is 4.73. The Morgan fingerprint density at radius 1 is 1.35 bits per heavy atom. The first kappa shape index (κ1) is 12.2. The molecule has 17 heavy (non-hydrogen) atoms. The van der Waals surface area contributed by atoms with Gasteiger partial charge in [-0.3, -0.25) is 4.79 Å². The van der Waals surface area contributed by atoms with Crippen molar-refractivity contribution in [2.75, 3.05) is 5.75 Å². The lowest BCUT2D eigenvalue weighted by Crippen LogP contribution is -2.31. The third kappa shape index (κ3) is 2.52. The molecule has 0 unspecified atom stereocenters. The van der Waals surface area contributed by atoms with E-state index in [-0.39, 0.29) is 11.0 Å². The van der Waals surface area contributed by atoms with Crippen LogP contribution in [0.1, 0.15) is 13.8 Å². The van der Waals surface area contributed by atoms with Crippen molar-refractivity contribution in [3.63, 3.8) is 0 Å². The van der Waals surface area contributed by atoms with Gasteiger partial charge in [-0.15, -0.1) is 0 Å². The van der Waals surface area contributed by atoms with Crippen LogP contribution >= 0.6 is 12.6 Å². The third-order valence-electron chi connectivity index (χ3n) is 2.77. The molecule has 0 amide bonds.